The van der Waals surface area contributed by atoms with Crippen molar-refractivity contribution in [2.24, 2.45) is 16.9 Å². The fourth-order valence-electron chi connectivity index (χ4n) is 2.15. The molecule has 2 atom stereocenters. The number of hydrogen-bond acceptors (Lipinski definition) is 3. The van der Waals surface area contributed by atoms with E-state index in [1.165, 1.54) is 0 Å². The molecule has 0 bridgehead atoms. The lowest BCUT2D eigenvalue weighted by molar-refractivity contribution is 0.583. The van der Waals surface area contributed by atoms with Crippen LogP contribution in [0.25, 0.3) is 0 Å². The highest BCUT2D eigenvalue weighted by atomic mass is 32.2. The number of allylic oxidation sites excluding steroid dienone is 4. The molecule has 0 fully saturated rings. The van der Waals surface area contributed by atoms with Gasteiger partial charge in [0.05, 0.1) is 10.6 Å². The zero-order chi connectivity index (χ0) is 13.5. The zero-order valence-electron chi connectivity index (χ0n) is 10.4. The molecule has 98 valence electrons. The van der Waals surface area contributed by atoms with Crippen LogP contribution < -0.4 is 4.83 Å². The van der Waals surface area contributed by atoms with Crippen molar-refractivity contribution in [3.63, 3.8) is 0 Å². The van der Waals surface area contributed by atoms with Gasteiger partial charge in [0, 0.05) is 11.8 Å². The van der Waals surface area contributed by atoms with E-state index in [1.54, 1.807) is 24.3 Å². The van der Waals surface area contributed by atoms with Crippen molar-refractivity contribution < 1.29 is 8.42 Å². The summed E-state index contributed by atoms with van der Waals surface area (Å²) >= 11 is 0. The van der Waals surface area contributed by atoms with Crippen LogP contribution in [-0.2, 0) is 10.0 Å². The molecule has 0 radical (unpaired) electrons. The molecule has 0 spiro atoms. The van der Waals surface area contributed by atoms with Crippen molar-refractivity contribution in [1.82, 2.24) is 4.83 Å². The van der Waals surface area contributed by atoms with Gasteiger partial charge in [-0.15, -0.1) is 0 Å². The number of nitrogens with one attached hydrogen (secondary N) is 1. The SMILES string of the molecule is Cc1ccc(S(=O)(=O)N/N=C2\C=CC3C=CC23)cc1. The van der Waals surface area contributed by atoms with Gasteiger partial charge in [-0.25, -0.2) is 0 Å². The predicted octanol–water partition coefficient (Wildman–Crippen LogP) is 2.00. The van der Waals surface area contributed by atoms with Crippen molar-refractivity contribution in [2.75, 3.05) is 0 Å². The summed E-state index contributed by atoms with van der Waals surface area (Å²) in [6.45, 7) is 1.91. The van der Waals surface area contributed by atoms with Crippen LogP contribution in [0, 0.1) is 18.8 Å². The third-order valence-electron chi connectivity index (χ3n) is 3.41. The molecule has 0 aliphatic heterocycles. The van der Waals surface area contributed by atoms with Gasteiger partial charge in [-0.2, -0.15) is 18.4 Å². The van der Waals surface area contributed by atoms with Gasteiger partial charge < -0.3 is 0 Å². The van der Waals surface area contributed by atoms with E-state index in [0.717, 1.165) is 11.3 Å². The molecule has 1 aromatic rings. The number of hydrazone groups is 1. The maximum Gasteiger partial charge on any atom is 0.276 e. The molecule has 0 saturated heterocycles. The minimum Gasteiger partial charge on any atom is -0.200 e. The van der Waals surface area contributed by atoms with Crippen LogP contribution in [-0.4, -0.2) is 14.1 Å². The van der Waals surface area contributed by atoms with Crippen LogP contribution in [0.3, 0.4) is 0 Å². The molecule has 0 heterocycles. The van der Waals surface area contributed by atoms with Crippen molar-refractivity contribution in [1.29, 1.82) is 0 Å². The van der Waals surface area contributed by atoms with E-state index in [0.29, 0.717) is 5.92 Å². The second-order valence-electron chi connectivity index (χ2n) is 4.79. The largest absolute Gasteiger partial charge is 0.276 e. The average molecular weight is 274 g/mol. The third kappa shape index (κ3) is 2.21. The molecule has 2 unspecified atom stereocenters. The van der Waals surface area contributed by atoms with Gasteiger partial charge in [0.1, 0.15) is 0 Å². The summed E-state index contributed by atoms with van der Waals surface area (Å²) in [6, 6.07) is 6.69. The van der Waals surface area contributed by atoms with Crippen LogP contribution >= 0.6 is 0 Å². The monoisotopic (exact) mass is 274 g/mol. The van der Waals surface area contributed by atoms with Gasteiger partial charge in [0.25, 0.3) is 10.0 Å². The Hall–Kier alpha value is -1.88. The maximum atomic E-state index is 12.0. The summed E-state index contributed by atoms with van der Waals surface area (Å²) in [5, 5.41) is 4.02. The molecule has 4 nitrogen and oxygen atoms in total. The number of hydrogen-bond donors (Lipinski definition) is 1. The van der Waals surface area contributed by atoms with Gasteiger partial charge >= 0.3 is 0 Å². The molecule has 1 aromatic carbocycles. The normalized spacial score (nSPS) is 26.3. The summed E-state index contributed by atoms with van der Waals surface area (Å²) < 4.78 is 24.1. The Bertz CT molecular complexity index is 685. The molecule has 19 heavy (non-hydrogen) atoms. The molecule has 0 aromatic heterocycles. The predicted molar refractivity (Wildman–Crippen MR) is 74.2 cm³/mol. The van der Waals surface area contributed by atoms with Crippen molar-refractivity contribution in [3.05, 3.63) is 54.1 Å². The first kappa shape index (κ1) is 12.2. The molecule has 0 saturated carbocycles. The molecular formula is C14H14N2O2S. The van der Waals surface area contributed by atoms with Crippen molar-refractivity contribution in [2.45, 2.75) is 11.8 Å². The van der Waals surface area contributed by atoms with E-state index >= 15 is 0 Å². The van der Waals surface area contributed by atoms with Crippen LogP contribution in [0.5, 0.6) is 0 Å². The van der Waals surface area contributed by atoms with Crippen LogP contribution in [0.4, 0.5) is 0 Å². The second kappa shape index (κ2) is 4.35. The summed E-state index contributed by atoms with van der Waals surface area (Å²) in [5.41, 5.74) is 1.79. The van der Waals surface area contributed by atoms with Gasteiger partial charge in [0.15, 0.2) is 0 Å². The highest BCUT2D eigenvalue weighted by molar-refractivity contribution is 7.89. The minimum absolute atomic E-state index is 0.227. The lowest BCUT2D eigenvalue weighted by Gasteiger charge is -2.20. The van der Waals surface area contributed by atoms with Crippen LogP contribution in [0.15, 0.2) is 58.6 Å². The van der Waals surface area contributed by atoms with Gasteiger partial charge in [-0.1, -0.05) is 35.9 Å². The quantitative estimate of drug-likeness (QED) is 0.677. The Kier molecular flexibility index (Phi) is 2.78. The van der Waals surface area contributed by atoms with E-state index in [-0.39, 0.29) is 10.8 Å². The Labute approximate surface area is 112 Å². The van der Waals surface area contributed by atoms with Crippen LogP contribution in [0.2, 0.25) is 0 Å². The summed E-state index contributed by atoms with van der Waals surface area (Å²) in [4.78, 5) is 2.52. The lowest BCUT2D eigenvalue weighted by atomic mass is 9.84. The first-order chi connectivity index (χ1) is 9.06. The smallest absolute Gasteiger partial charge is 0.200 e. The summed E-state index contributed by atoms with van der Waals surface area (Å²) in [6.07, 6.45) is 8.01. The van der Waals surface area contributed by atoms with E-state index in [9.17, 15) is 8.42 Å². The second-order valence-corrected chi connectivity index (χ2v) is 6.45. The Morgan fingerprint density at radius 1 is 1.11 bits per heavy atom. The minimum atomic E-state index is -3.58. The molecule has 0 amide bonds. The Balaban J connectivity index is 1.79. The van der Waals surface area contributed by atoms with Crippen molar-refractivity contribution in [3.8, 4) is 0 Å². The molecule has 5 heteroatoms. The van der Waals surface area contributed by atoms with Gasteiger partial charge in [0.2, 0.25) is 0 Å². The zero-order valence-corrected chi connectivity index (χ0v) is 11.3. The first-order valence-electron chi connectivity index (χ1n) is 6.09. The first-order valence-corrected chi connectivity index (χ1v) is 7.57. The van der Waals surface area contributed by atoms with E-state index < -0.39 is 10.0 Å². The van der Waals surface area contributed by atoms with E-state index in [1.807, 2.05) is 25.2 Å². The number of aryl methyl sites for hydroxylation is 1. The van der Waals surface area contributed by atoms with E-state index in [4.69, 9.17) is 0 Å². The number of nitrogens with zero attached hydrogens (tertiary/aromatic N) is 1. The standard InChI is InChI=1S/C14H14N2O2S/c1-10-2-6-12(7-3-10)19(17,18)16-15-14-9-5-11-4-8-13(11)14/h2-9,11,13,16H,1H3/b15-14+. The number of benzene rings is 1. The number of fused-ring (bicyclic) bond motifs is 1. The lowest BCUT2D eigenvalue weighted by Crippen LogP contribution is -2.24. The van der Waals surface area contributed by atoms with Crippen LogP contribution in [0.1, 0.15) is 5.56 Å². The molecular weight excluding hydrogens is 260 g/mol. The third-order valence-corrected chi connectivity index (χ3v) is 4.64. The average Bonchev–Trinajstić information content (AvgIpc) is 2.62. The fraction of sp³-hybridized carbons (Fsp3) is 0.214. The highest BCUT2D eigenvalue weighted by Crippen LogP contribution is 2.33. The fourth-order valence-corrected chi connectivity index (χ4v) is 2.97. The Morgan fingerprint density at radius 3 is 2.42 bits per heavy atom. The molecule has 2 aliphatic rings. The topological polar surface area (TPSA) is 58.5 Å². The molecule has 2 aliphatic carbocycles. The molecule has 1 N–H and O–H groups in total. The number of rotatable bonds is 3. The number of sulfonamides is 1. The Morgan fingerprint density at radius 2 is 1.84 bits per heavy atom. The maximum absolute atomic E-state index is 12.0. The van der Waals surface area contributed by atoms with Gasteiger partial charge in [-0.05, 0) is 25.1 Å². The van der Waals surface area contributed by atoms with Gasteiger partial charge in [-0.3, -0.25) is 0 Å². The summed E-state index contributed by atoms with van der Waals surface area (Å²) in [7, 11) is -3.58. The highest BCUT2D eigenvalue weighted by Gasteiger charge is 2.30. The van der Waals surface area contributed by atoms with Crippen molar-refractivity contribution >= 4 is 15.7 Å². The summed E-state index contributed by atoms with van der Waals surface area (Å²) in [5.74, 6) is 0.628. The molecule has 3 rings (SSSR count). The van der Waals surface area contributed by atoms with E-state index in [2.05, 4.69) is 16.0 Å².